The standard InChI is InChI=1S/C21H17N3O3/c1-27-20-11-19-18(10-17(20)13-5-7-15(25)8-6-13)21(23-12-22-19)24-14-3-2-4-16(26)9-14/h2-12,25-26H,1H3,(H,22,23,24). The molecule has 0 bridgehead atoms. The summed E-state index contributed by atoms with van der Waals surface area (Å²) < 4.78 is 5.54. The first-order chi connectivity index (χ1) is 13.1. The van der Waals surface area contributed by atoms with E-state index in [0.717, 1.165) is 27.7 Å². The molecule has 6 nitrogen and oxygen atoms in total. The van der Waals surface area contributed by atoms with Crippen molar-refractivity contribution in [1.82, 2.24) is 9.97 Å². The van der Waals surface area contributed by atoms with Gasteiger partial charge in [-0.2, -0.15) is 0 Å². The summed E-state index contributed by atoms with van der Waals surface area (Å²) in [5.74, 6) is 1.67. The summed E-state index contributed by atoms with van der Waals surface area (Å²) in [6.45, 7) is 0. The summed E-state index contributed by atoms with van der Waals surface area (Å²) in [4.78, 5) is 8.69. The number of nitrogens with zero attached hydrogens (tertiary/aromatic N) is 2. The number of hydrogen-bond acceptors (Lipinski definition) is 6. The molecule has 3 N–H and O–H groups in total. The van der Waals surface area contributed by atoms with Crippen molar-refractivity contribution in [2.75, 3.05) is 12.4 Å². The van der Waals surface area contributed by atoms with Crippen molar-refractivity contribution >= 4 is 22.4 Å². The van der Waals surface area contributed by atoms with Gasteiger partial charge in [-0.15, -0.1) is 0 Å². The van der Waals surface area contributed by atoms with Crippen LogP contribution in [0.1, 0.15) is 0 Å². The third kappa shape index (κ3) is 3.32. The molecule has 0 aliphatic rings. The largest absolute Gasteiger partial charge is 0.508 e. The van der Waals surface area contributed by atoms with E-state index >= 15 is 0 Å². The fraction of sp³-hybridized carbons (Fsp3) is 0.0476. The van der Waals surface area contributed by atoms with E-state index in [9.17, 15) is 10.2 Å². The zero-order valence-corrected chi connectivity index (χ0v) is 14.5. The van der Waals surface area contributed by atoms with Gasteiger partial charge in [-0.05, 0) is 35.9 Å². The van der Waals surface area contributed by atoms with E-state index in [2.05, 4.69) is 15.3 Å². The Kier molecular flexibility index (Phi) is 4.22. The lowest BCUT2D eigenvalue weighted by Crippen LogP contribution is -1.97. The molecule has 1 heterocycles. The second-order valence-electron chi connectivity index (χ2n) is 6.01. The predicted octanol–water partition coefficient (Wildman–Crippen LogP) is 4.46. The van der Waals surface area contributed by atoms with E-state index in [1.54, 1.807) is 37.4 Å². The predicted molar refractivity (Wildman–Crippen MR) is 105 cm³/mol. The average Bonchev–Trinajstić information content (AvgIpc) is 2.68. The molecule has 4 rings (SSSR count). The fourth-order valence-corrected chi connectivity index (χ4v) is 2.94. The van der Waals surface area contributed by atoms with Gasteiger partial charge in [0.25, 0.3) is 0 Å². The molecule has 0 saturated carbocycles. The van der Waals surface area contributed by atoms with Crippen molar-refractivity contribution in [3.8, 4) is 28.4 Å². The van der Waals surface area contributed by atoms with Crippen LogP contribution in [0.5, 0.6) is 17.2 Å². The van der Waals surface area contributed by atoms with Crippen molar-refractivity contribution in [2.45, 2.75) is 0 Å². The SMILES string of the molecule is COc1cc2ncnc(Nc3cccc(O)c3)c2cc1-c1ccc(O)cc1. The van der Waals surface area contributed by atoms with Gasteiger partial charge < -0.3 is 20.3 Å². The topological polar surface area (TPSA) is 87.5 Å². The number of ether oxygens (including phenoxy) is 1. The number of phenols is 2. The Morgan fingerprint density at radius 3 is 2.44 bits per heavy atom. The van der Waals surface area contributed by atoms with E-state index < -0.39 is 0 Å². The minimum atomic E-state index is 0.171. The zero-order chi connectivity index (χ0) is 18.8. The molecule has 134 valence electrons. The van der Waals surface area contributed by atoms with Crippen LogP contribution in [0, 0.1) is 0 Å². The Balaban J connectivity index is 1.86. The highest BCUT2D eigenvalue weighted by molar-refractivity contribution is 5.96. The number of methoxy groups -OCH3 is 1. The van der Waals surface area contributed by atoms with Gasteiger partial charge in [-0.3, -0.25) is 0 Å². The lowest BCUT2D eigenvalue weighted by Gasteiger charge is -2.13. The molecule has 3 aromatic carbocycles. The Labute approximate surface area is 155 Å². The second-order valence-corrected chi connectivity index (χ2v) is 6.01. The molecule has 0 saturated heterocycles. The van der Waals surface area contributed by atoms with Crippen molar-refractivity contribution in [3.05, 3.63) is 67.0 Å². The monoisotopic (exact) mass is 359 g/mol. The summed E-state index contributed by atoms with van der Waals surface area (Å²) in [6.07, 6.45) is 1.48. The molecule has 0 aliphatic heterocycles. The van der Waals surface area contributed by atoms with Crippen LogP contribution in [0.4, 0.5) is 11.5 Å². The molecule has 4 aromatic rings. The number of phenolic OH excluding ortho intramolecular Hbond substituents is 2. The zero-order valence-electron chi connectivity index (χ0n) is 14.5. The van der Waals surface area contributed by atoms with Crippen molar-refractivity contribution in [2.24, 2.45) is 0 Å². The lowest BCUT2D eigenvalue weighted by molar-refractivity contribution is 0.417. The van der Waals surface area contributed by atoms with Gasteiger partial charge in [0.05, 0.1) is 12.6 Å². The highest BCUT2D eigenvalue weighted by atomic mass is 16.5. The second kappa shape index (κ2) is 6.84. The average molecular weight is 359 g/mol. The first kappa shape index (κ1) is 16.7. The maximum Gasteiger partial charge on any atom is 0.141 e. The number of benzene rings is 3. The third-order valence-electron chi connectivity index (χ3n) is 4.24. The molecule has 27 heavy (non-hydrogen) atoms. The number of nitrogens with one attached hydrogen (secondary N) is 1. The van der Waals surface area contributed by atoms with Gasteiger partial charge in [0.15, 0.2) is 0 Å². The minimum Gasteiger partial charge on any atom is -0.508 e. The molecule has 0 atom stereocenters. The molecule has 0 spiro atoms. The Morgan fingerprint density at radius 2 is 1.70 bits per heavy atom. The molecule has 6 heteroatoms. The van der Waals surface area contributed by atoms with Crippen molar-refractivity contribution in [3.63, 3.8) is 0 Å². The van der Waals surface area contributed by atoms with E-state index in [1.165, 1.54) is 6.33 Å². The van der Waals surface area contributed by atoms with Gasteiger partial charge in [-0.1, -0.05) is 18.2 Å². The van der Waals surface area contributed by atoms with E-state index in [-0.39, 0.29) is 11.5 Å². The Hall–Kier alpha value is -3.80. The van der Waals surface area contributed by atoms with Crippen LogP contribution in [0.3, 0.4) is 0 Å². The fourth-order valence-electron chi connectivity index (χ4n) is 2.94. The van der Waals surface area contributed by atoms with Gasteiger partial charge in [-0.25, -0.2) is 9.97 Å². The van der Waals surface area contributed by atoms with Crippen molar-refractivity contribution < 1.29 is 14.9 Å². The molecule has 0 radical (unpaired) electrons. The van der Waals surface area contributed by atoms with Crippen molar-refractivity contribution in [1.29, 1.82) is 0 Å². The molecule has 0 amide bonds. The number of aromatic hydroxyl groups is 2. The molecule has 0 unspecified atom stereocenters. The van der Waals surface area contributed by atoms with Crippen LogP contribution in [0.2, 0.25) is 0 Å². The number of aromatic nitrogens is 2. The minimum absolute atomic E-state index is 0.171. The smallest absolute Gasteiger partial charge is 0.141 e. The first-order valence-electron chi connectivity index (χ1n) is 8.32. The van der Waals surface area contributed by atoms with E-state index in [1.807, 2.05) is 30.3 Å². The Morgan fingerprint density at radius 1 is 0.889 bits per heavy atom. The van der Waals surface area contributed by atoms with E-state index in [4.69, 9.17) is 4.74 Å². The normalized spacial score (nSPS) is 10.7. The number of hydrogen-bond donors (Lipinski definition) is 3. The van der Waals surface area contributed by atoms with Gasteiger partial charge in [0.2, 0.25) is 0 Å². The highest BCUT2D eigenvalue weighted by Gasteiger charge is 2.12. The van der Waals surface area contributed by atoms with Crippen LogP contribution in [-0.4, -0.2) is 27.3 Å². The lowest BCUT2D eigenvalue weighted by atomic mass is 10.0. The van der Waals surface area contributed by atoms with E-state index in [0.29, 0.717) is 11.6 Å². The van der Waals surface area contributed by atoms with Gasteiger partial charge in [0.1, 0.15) is 29.4 Å². The number of rotatable bonds is 4. The van der Waals surface area contributed by atoms with Gasteiger partial charge in [0, 0.05) is 28.8 Å². The summed E-state index contributed by atoms with van der Waals surface area (Å²) in [5, 5.41) is 23.3. The molecular weight excluding hydrogens is 342 g/mol. The number of anilines is 2. The Bertz CT molecular complexity index is 1110. The molecule has 0 aliphatic carbocycles. The molecule has 1 aromatic heterocycles. The van der Waals surface area contributed by atoms with Gasteiger partial charge >= 0.3 is 0 Å². The highest BCUT2D eigenvalue weighted by Crippen LogP contribution is 2.36. The van der Waals surface area contributed by atoms with Crippen LogP contribution in [0.15, 0.2) is 67.0 Å². The summed E-state index contributed by atoms with van der Waals surface area (Å²) in [5.41, 5.74) is 3.21. The van der Waals surface area contributed by atoms with Crippen LogP contribution in [0.25, 0.3) is 22.0 Å². The quantitative estimate of drug-likeness (QED) is 0.499. The molecule has 0 fully saturated rings. The third-order valence-corrected chi connectivity index (χ3v) is 4.24. The molecular formula is C21H17N3O3. The summed E-state index contributed by atoms with van der Waals surface area (Å²) in [6, 6.07) is 17.5. The maximum atomic E-state index is 9.68. The first-order valence-corrected chi connectivity index (χ1v) is 8.32. The number of fused-ring (bicyclic) bond motifs is 1. The summed E-state index contributed by atoms with van der Waals surface area (Å²) >= 11 is 0. The van der Waals surface area contributed by atoms with Crippen LogP contribution >= 0.6 is 0 Å². The van der Waals surface area contributed by atoms with Crippen LogP contribution in [-0.2, 0) is 0 Å². The summed E-state index contributed by atoms with van der Waals surface area (Å²) in [7, 11) is 1.61. The van der Waals surface area contributed by atoms with Crippen LogP contribution < -0.4 is 10.1 Å². The maximum absolute atomic E-state index is 9.68.